The summed E-state index contributed by atoms with van der Waals surface area (Å²) >= 11 is 5.98. The summed E-state index contributed by atoms with van der Waals surface area (Å²) in [6, 6.07) is 7.93. The van der Waals surface area contributed by atoms with Gasteiger partial charge in [0.2, 0.25) is 0 Å². The molecule has 37 heavy (non-hydrogen) atoms. The predicted molar refractivity (Wildman–Crippen MR) is 123 cm³/mol. The number of amides is 2. The van der Waals surface area contributed by atoms with Crippen LogP contribution in [-0.4, -0.2) is 46.1 Å². The van der Waals surface area contributed by atoms with Gasteiger partial charge < -0.3 is 20.1 Å². The van der Waals surface area contributed by atoms with Crippen LogP contribution in [-0.2, 0) is 10.3 Å². The third-order valence-electron chi connectivity index (χ3n) is 6.17. The van der Waals surface area contributed by atoms with Gasteiger partial charge in [-0.25, -0.2) is 13.9 Å². The predicted octanol–water partition coefficient (Wildman–Crippen LogP) is 4.84. The summed E-state index contributed by atoms with van der Waals surface area (Å²) < 4.78 is 64.2. The van der Waals surface area contributed by atoms with Crippen molar-refractivity contribution < 1.29 is 36.6 Å². The Kier molecular flexibility index (Phi) is 5.89. The molecule has 3 heterocycles. The number of rotatable bonds is 3. The zero-order chi connectivity index (χ0) is 26.5. The fraction of sp³-hybridized carbons (Fsp3) is 0.261. The molecule has 5 rings (SSSR count). The lowest BCUT2D eigenvalue weighted by molar-refractivity contribution is -0.274. The number of alkyl halides is 3. The number of aromatic nitrogens is 2. The van der Waals surface area contributed by atoms with Crippen LogP contribution in [0.25, 0.3) is 5.69 Å². The second-order valence-electron chi connectivity index (χ2n) is 8.49. The zero-order valence-electron chi connectivity index (χ0n) is 18.8. The van der Waals surface area contributed by atoms with Gasteiger partial charge in [-0.2, -0.15) is 5.10 Å². The van der Waals surface area contributed by atoms with Crippen LogP contribution in [0.15, 0.2) is 42.6 Å². The van der Waals surface area contributed by atoms with Gasteiger partial charge in [0.25, 0.3) is 5.91 Å². The first-order valence-electron chi connectivity index (χ1n) is 11.0. The molecule has 0 unspecified atom stereocenters. The molecule has 194 valence electrons. The SMILES string of the molecule is Nc1c(C(=O)N2CCC[C@@]3(C2)OC(=O)Nc2ccc(Cl)c(F)c23)cnn1-c1ccccc1OC(F)(F)F. The molecule has 1 spiro atoms. The highest BCUT2D eigenvalue weighted by Crippen LogP contribution is 2.45. The largest absolute Gasteiger partial charge is 0.573 e. The number of hydrogen-bond donors (Lipinski definition) is 2. The fourth-order valence-electron chi connectivity index (χ4n) is 4.67. The molecule has 1 aromatic heterocycles. The standard InChI is InChI=1S/C23H18ClF4N5O4/c24-13-6-7-14-17(18(13)25)22(37-21(35)31-14)8-3-9-32(11-22)20(34)12-10-30-33(19(12)29)15-4-1-2-5-16(15)36-23(26,27)28/h1-2,4-7,10H,3,8-9,11,29H2,(H,31,35)/t22-/m0/s1. The first-order chi connectivity index (χ1) is 17.5. The number of fused-ring (bicyclic) bond motifs is 2. The van der Waals surface area contributed by atoms with Gasteiger partial charge in [-0.05, 0) is 37.1 Å². The number of carbonyl (C=O) groups excluding carboxylic acids is 2. The molecule has 2 aliphatic heterocycles. The van der Waals surface area contributed by atoms with Crippen LogP contribution in [0.4, 0.5) is 33.9 Å². The normalized spacial score (nSPS) is 19.3. The van der Waals surface area contributed by atoms with Crippen molar-refractivity contribution in [1.82, 2.24) is 14.7 Å². The van der Waals surface area contributed by atoms with Gasteiger partial charge in [-0.15, -0.1) is 13.2 Å². The second kappa shape index (κ2) is 8.83. The highest BCUT2D eigenvalue weighted by Gasteiger charge is 2.49. The molecule has 0 saturated carbocycles. The molecule has 0 radical (unpaired) electrons. The minimum absolute atomic E-state index is 0.0268. The van der Waals surface area contributed by atoms with E-state index in [-0.39, 0.29) is 52.9 Å². The number of hydrogen-bond acceptors (Lipinski definition) is 6. The minimum atomic E-state index is -4.96. The molecule has 0 aliphatic carbocycles. The molecule has 1 saturated heterocycles. The number of benzene rings is 2. The van der Waals surface area contributed by atoms with E-state index >= 15 is 4.39 Å². The summed E-state index contributed by atoms with van der Waals surface area (Å²) in [6.07, 6.45) is -4.08. The number of nitrogens with zero attached hydrogens (tertiary/aromatic N) is 3. The van der Waals surface area contributed by atoms with Crippen LogP contribution in [0.1, 0.15) is 28.8 Å². The summed E-state index contributed by atoms with van der Waals surface area (Å²) in [5, 5.41) is 6.26. The topological polar surface area (TPSA) is 112 Å². The van der Waals surface area contributed by atoms with Crippen molar-refractivity contribution in [2.75, 3.05) is 24.1 Å². The maximum atomic E-state index is 15.1. The van der Waals surface area contributed by atoms with E-state index in [1.54, 1.807) is 0 Å². The number of halogens is 5. The summed E-state index contributed by atoms with van der Waals surface area (Å²) in [4.78, 5) is 27.0. The number of nitrogens with one attached hydrogen (secondary N) is 1. The Morgan fingerprint density at radius 3 is 2.76 bits per heavy atom. The third kappa shape index (κ3) is 4.39. The molecule has 3 N–H and O–H groups in total. The Labute approximate surface area is 211 Å². The van der Waals surface area contributed by atoms with Gasteiger partial charge in [0.1, 0.15) is 17.1 Å². The van der Waals surface area contributed by atoms with Crippen molar-refractivity contribution in [3.63, 3.8) is 0 Å². The van der Waals surface area contributed by atoms with Gasteiger partial charge in [-0.1, -0.05) is 23.7 Å². The van der Waals surface area contributed by atoms with Crippen LogP contribution in [0.3, 0.4) is 0 Å². The van der Waals surface area contributed by atoms with Crippen LogP contribution in [0.5, 0.6) is 5.75 Å². The number of carbonyl (C=O) groups is 2. The molecule has 1 fully saturated rings. The Balaban J connectivity index is 1.48. The summed E-state index contributed by atoms with van der Waals surface area (Å²) in [5.41, 5.74) is 4.60. The minimum Gasteiger partial charge on any atom is -0.436 e. The van der Waals surface area contributed by atoms with E-state index in [1.165, 1.54) is 35.2 Å². The molecule has 9 nitrogen and oxygen atoms in total. The first-order valence-corrected chi connectivity index (χ1v) is 11.3. The number of ether oxygens (including phenoxy) is 2. The fourth-order valence-corrected chi connectivity index (χ4v) is 4.83. The second-order valence-corrected chi connectivity index (χ2v) is 8.90. The van der Waals surface area contributed by atoms with E-state index in [2.05, 4.69) is 15.2 Å². The molecule has 2 amide bonds. The van der Waals surface area contributed by atoms with Gasteiger partial charge in [0.15, 0.2) is 17.2 Å². The zero-order valence-corrected chi connectivity index (χ0v) is 19.6. The quantitative estimate of drug-likeness (QED) is 0.461. The first kappa shape index (κ1) is 24.7. The van der Waals surface area contributed by atoms with Crippen LogP contribution in [0.2, 0.25) is 5.02 Å². The van der Waals surface area contributed by atoms with Crippen LogP contribution < -0.4 is 15.8 Å². The lowest BCUT2D eigenvalue weighted by atomic mass is 9.83. The number of nitrogen functional groups attached to an aromatic ring is 1. The Morgan fingerprint density at radius 1 is 1.24 bits per heavy atom. The van der Waals surface area contributed by atoms with Gasteiger partial charge >= 0.3 is 12.5 Å². The van der Waals surface area contributed by atoms with E-state index in [9.17, 15) is 22.8 Å². The van der Waals surface area contributed by atoms with Gasteiger partial charge in [-0.3, -0.25) is 10.1 Å². The molecule has 3 aromatic rings. The van der Waals surface area contributed by atoms with Crippen LogP contribution in [0, 0.1) is 5.82 Å². The monoisotopic (exact) mass is 539 g/mol. The highest BCUT2D eigenvalue weighted by atomic mass is 35.5. The summed E-state index contributed by atoms with van der Waals surface area (Å²) in [5.74, 6) is -2.20. The van der Waals surface area contributed by atoms with Crippen molar-refractivity contribution in [2.45, 2.75) is 24.8 Å². The third-order valence-corrected chi connectivity index (χ3v) is 6.47. The lowest BCUT2D eigenvalue weighted by Gasteiger charge is -2.45. The Hall–Kier alpha value is -4.00. The average molecular weight is 540 g/mol. The molecule has 0 bridgehead atoms. The number of piperidine rings is 1. The Bertz CT molecular complexity index is 1410. The van der Waals surface area contributed by atoms with Crippen molar-refractivity contribution in [3.05, 3.63) is 64.6 Å². The maximum absolute atomic E-state index is 15.1. The van der Waals surface area contributed by atoms with Crippen molar-refractivity contribution >= 4 is 35.1 Å². The molecule has 2 aromatic carbocycles. The van der Waals surface area contributed by atoms with Crippen molar-refractivity contribution in [1.29, 1.82) is 0 Å². The number of para-hydroxylation sites is 2. The molecular formula is C23H18ClF4N5O4. The summed E-state index contributed by atoms with van der Waals surface area (Å²) in [6.45, 7) is 0.0172. The van der Waals surface area contributed by atoms with Gasteiger partial charge in [0, 0.05) is 6.54 Å². The van der Waals surface area contributed by atoms with E-state index in [4.69, 9.17) is 22.1 Å². The van der Waals surface area contributed by atoms with Crippen LogP contribution >= 0.6 is 11.6 Å². The van der Waals surface area contributed by atoms with Gasteiger partial charge in [0.05, 0.1) is 29.0 Å². The average Bonchev–Trinajstić information content (AvgIpc) is 3.21. The molecule has 1 atom stereocenters. The van der Waals surface area contributed by atoms with Crippen molar-refractivity contribution in [3.8, 4) is 11.4 Å². The van der Waals surface area contributed by atoms with Crippen molar-refractivity contribution in [2.24, 2.45) is 0 Å². The van der Waals surface area contributed by atoms with E-state index in [0.717, 1.165) is 16.9 Å². The van der Waals surface area contributed by atoms with E-state index in [1.807, 2.05) is 0 Å². The molecule has 2 aliphatic rings. The maximum Gasteiger partial charge on any atom is 0.573 e. The lowest BCUT2D eigenvalue weighted by Crippen LogP contribution is -2.53. The number of nitrogens with two attached hydrogens (primary N) is 1. The van der Waals surface area contributed by atoms with E-state index < -0.39 is 35.5 Å². The molecular weight excluding hydrogens is 522 g/mol. The molecule has 14 heteroatoms. The Morgan fingerprint density at radius 2 is 2.00 bits per heavy atom. The highest BCUT2D eigenvalue weighted by molar-refractivity contribution is 6.31. The number of likely N-dealkylation sites (tertiary alicyclic amines) is 1. The van der Waals surface area contributed by atoms with E-state index in [0.29, 0.717) is 6.42 Å². The smallest absolute Gasteiger partial charge is 0.436 e. The summed E-state index contributed by atoms with van der Waals surface area (Å²) in [7, 11) is 0. The number of anilines is 2.